The van der Waals surface area contributed by atoms with Crippen LogP contribution in [0.1, 0.15) is 12.7 Å². The van der Waals surface area contributed by atoms with Gasteiger partial charge in [0.2, 0.25) is 0 Å². The van der Waals surface area contributed by atoms with E-state index < -0.39 is 4.92 Å². The van der Waals surface area contributed by atoms with E-state index in [1.54, 1.807) is 6.07 Å². The van der Waals surface area contributed by atoms with Crippen LogP contribution in [-0.2, 0) is 6.42 Å². The molecule has 94 valence electrons. The lowest BCUT2D eigenvalue weighted by Crippen LogP contribution is -1.94. The highest BCUT2D eigenvalue weighted by Crippen LogP contribution is 2.30. The van der Waals surface area contributed by atoms with Crippen LogP contribution >= 0.6 is 0 Å². The van der Waals surface area contributed by atoms with Crippen molar-refractivity contribution in [1.82, 2.24) is 15.2 Å². The smallest absolute Gasteiger partial charge is 0.311 e. The lowest BCUT2D eigenvalue weighted by atomic mass is 10.2. The predicted octanol–water partition coefficient (Wildman–Crippen LogP) is 1.95. The summed E-state index contributed by atoms with van der Waals surface area (Å²) in [5, 5.41) is 17.7. The van der Waals surface area contributed by atoms with Gasteiger partial charge in [0, 0.05) is 18.1 Å². The highest BCUT2D eigenvalue weighted by molar-refractivity contribution is 5.63. The molecule has 7 heteroatoms. The zero-order valence-corrected chi connectivity index (χ0v) is 10.0. The number of nitro groups is 1. The van der Waals surface area contributed by atoms with Gasteiger partial charge in [-0.15, -0.1) is 0 Å². The number of methoxy groups -OCH3 is 1. The minimum Gasteiger partial charge on any atom is -0.490 e. The number of aryl methyl sites for hydroxylation is 1. The minimum atomic E-state index is -0.490. The summed E-state index contributed by atoms with van der Waals surface area (Å²) >= 11 is 0. The molecule has 0 amide bonds. The van der Waals surface area contributed by atoms with Gasteiger partial charge in [0.1, 0.15) is 5.82 Å². The van der Waals surface area contributed by atoms with Gasteiger partial charge in [-0.2, -0.15) is 5.10 Å². The summed E-state index contributed by atoms with van der Waals surface area (Å²) in [6, 6.07) is 4.63. The number of nitro benzene ring substituents is 1. The molecular weight excluding hydrogens is 236 g/mol. The lowest BCUT2D eigenvalue weighted by molar-refractivity contribution is -0.385. The Bertz CT molecular complexity index is 579. The molecule has 0 bridgehead atoms. The van der Waals surface area contributed by atoms with E-state index in [2.05, 4.69) is 15.2 Å². The topological polar surface area (TPSA) is 93.9 Å². The number of hydrogen-bond donors (Lipinski definition) is 1. The molecule has 0 aliphatic carbocycles. The van der Waals surface area contributed by atoms with Gasteiger partial charge in [-0.25, -0.2) is 4.98 Å². The van der Waals surface area contributed by atoms with Gasteiger partial charge in [-0.3, -0.25) is 15.2 Å². The molecule has 1 heterocycles. The van der Waals surface area contributed by atoms with Crippen LogP contribution in [-0.4, -0.2) is 27.2 Å². The van der Waals surface area contributed by atoms with Crippen molar-refractivity contribution in [3.8, 4) is 17.1 Å². The Kier molecular flexibility index (Phi) is 3.22. The summed E-state index contributed by atoms with van der Waals surface area (Å²) < 4.78 is 4.93. The molecule has 0 radical (unpaired) electrons. The largest absolute Gasteiger partial charge is 0.490 e. The minimum absolute atomic E-state index is 0.0992. The quantitative estimate of drug-likeness (QED) is 0.659. The molecule has 0 saturated heterocycles. The molecule has 1 aromatic carbocycles. The van der Waals surface area contributed by atoms with Gasteiger partial charge in [-0.1, -0.05) is 6.92 Å². The molecular formula is C11H12N4O3. The van der Waals surface area contributed by atoms with E-state index in [0.29, 0.717) is 11.4 Å². The molecule has 0 unspecified atom stereocenters. The normalized spacial score (nSPS) is 10.3. The summed E-state index contributed by atoms with van der Waals surface area (Å²) in [6.07, 6.45) is 0.727. The zero-order valence-electron chi connectivity index (χ0n) is 10.0. The Morgan fingerprint density at radius 2 is 2.28 bits per heavy atom. The second-order valence-electron chi connectivity index (χ2n) is 3.60. The monoisotopic (exact) mass is 248 g/mol. The fraction of sp³-hybridized carbons (Fsp3) is 0.273. The Hall–Kier alpha value is -2.44. The van der Waals surface area contributed by atoms with Gasteiger partial charge < -0.3 is 4.74 Å². The average molecular weight is 248 g/mol. The number of aromatic nitrogens is 3. The first-order valence-electron chi connectivity index (χ1n) is 5.39. The van der Waals surface area contributed by atoms with Crippen molar-refractivity contribution in [1.29, 1.82) is 0 Å². The van der Waals surface area contributed by atoms with Crippen LogP contribution in [0.3, 0.4) is 0 Å². The molecule has 0 atom stereocenters. The molecule has 0 fully saturated rings. The first-order valence-corrected chi connectivity index (χ1v) is 5.39. The van der Waals surface area contributed by atoms with E-state index in [-0.39, 0.29) is 11.4 Å². The van der Waals surface area contributed by atoms with Crippen LogP contribution in [0, 0.1) is 10.1 Å². The maximum Gasteiger partial charge on any atom is 0.311 e. The number of benzene rings is 1. The maximum absolute atomic E-state index is 10.9. The third kappa shape index (κ3) is 2.15. The highest BCUT2D eigenvalue weighted by atomic mass is 16.6. The summed E-state index contributed by atoms with van der Waals surface area (Å²) in [6.45, 7) is 1.95. The van der Waals surface area contributed by atoms with Gasteiger partial charge >= 0.3 is 5.69 Å². The molecule has 7 nitrogen and oxygen atoms in total. The molecule has 18 heavy (non-hydrogen) atoms. The van der Waals surface area contributed by atoms with Gasteiger partial charge in [0.25, 0.3) is 0 Å². The van der Waals surface area contributed by atoms with Crippen LogP contribution in [0.4, 0.5) is 5.69 Å². The van der Waals surface area contributed by atoms with Crippen molar-refractivity contribution < 1.29 is 9.66 Å². The van der Waals surface area contributed by atoms with Crippen LogP contribution in [0.5, 0.6) is 5.75 Å². The molecule has 1 aromatic heterocycles. The molecule has 2 aromatic rings. The van der Waals surface area contributed by atoms with Crippen LogP contribution in [0.2, 0.25) is 0 Å². The first-order chi connectivity index (χ1) is 8.65. The fourth-order valence-electron chi connectivity index (χ4n) is 1.55. The van der Waals surface area contributed by atoms with E-state index in [0.717, 1.165) is 12.2 Å². The Morgan fingerprint density at radius 3 is 2.83 bits per heavy atom. The van der Waals surface area contributed by atoms with Crippen molar-refractivity contribution in [3.05, 3.63) is 34.1 Å². The highest BCUT2D eigenvalue weighted by Gasteiger charge is 2.17. The van der Waals surface area contributed by atoms with E-state index in [1.165, 1.54) is 19.2 Å². The first kappa shape index (κ1) is 12.0. The number of ether oxygens (including phenoxy) is 1. The van der Waals surface area contributed by atoms with Gasteiger partial charge in [0.05, 0.1) is 12.0 Å². The van der Waals surface area contributed by atoms with Crippen molar-refractivity contribution in [2.24, 2.45) is 0 Å². The van der Waals surface area contributed by atoms with Gasteiger partial charge in [-0.05, 0) is 12.1 Å². The molecule has 0 saturated carbocycles. The van der Waals surface area contributed by atoms with Gasteiger partial charge in [0.15, 0.2) is 11.6 Å². The number of nitrogens with zero attached hydrogens (tertiary/aromatic N) is 3. The van der Waals surface area contributed by atoms with E-state index >= 15 is 0 Å². The SMILES string of the molecule is CCc1nc(-c2ccc(OC)c([N+](=O)[O-])c2)n[nH]1. The maximum atomic E-state index is 10.9. The summed E-state index contributed by atoms with van der Waals surface area (Å²) in [5.74, 6) is 1.40. The molecule has 0 aliphatic rings. The van der Waals surface area contributed by atoms with Crippen LogP contribution in [0.25, 0.3) is 11.4 Å². The number of rotatable bonds is 4. The Balaban J connectivity index is 2.46. The standard InChI is InChI=1S/C11H12N4O3/c1-3-10-12-11(14-13-10)7-4-5-9(18-2)8(6-7)15(16)17/h4-6H,3H2,1-2H3,(H,12,13,14). The molecule has 0 aliphatic heterocycles. The summed E-state index contributed by atoms with van der Waals surface area (Å²) in [5.41, 5.74) is 0.483. The number of H-pyrrole nitrogens is 1. The lowest BCUT2D eigenvalue weighted by Gasteiger charge is -2.02. The van der Waals surface area contributed by atoms with E-state index in [4.69, 9.17) is 4.74 Å². The van der Waals surface area contributed by atoms with Crippen molar-refractivity contribution in [2.45, 2.75) is 13.3 Å². The van der Waals surface area contributed by atoms with Crippen LogP contribution < -0.4 is 4.74 Å². The number of hydrogen-bond acceptors (Lipinski definition) is 5. The number of nitrogens with one attached hydrogen (secondary N) is 1. The van der Waals surface area contributed by atoms with Crippen molar-refractivity contribution in [2.75, 3.05) is 7.11 Å². The fourth-order valence-corrected chi connectivity index (χ4v) is 1.55. The van der Waals surface area contributed by atoms with Crippen LogP contribution in [0.15, 0.2) is 18.2 Å². The Morgan fingerprint density at radius 1 is 1.50 bits per heavy atom. The molecule has 2 rings (SSSR count). The average Bonchev–Trinajstić information content (AvgIpc) is 2.86. The predicted molar refractivity (Wildman–Crippen MR) is 64.4 cm³/mol. The van der Waals surface area contributed by atoms with Crippen molar-refractivity contribution in [3.63, 3.8) is 0 Å². The summed E-state index contributed by atoms with van der Waals surface area (Å²) in [4.78, 5) is 14.6. The van der Waals surface area contributed by atoms with E-state index in [1.807, 2.05) is 6.92 Å². The van der Waals surface area contributed by atoms with E-state index in [9.17, 15) is 10.1 Å². The third-order valence-electron chi connectivity index (χ3n) is 2.50. The Labute approximate surface area is 103 Å². The molecule has 0 spiro atoms. The second kappa shape index (κ2) is 4.82. The third-order valence-corrected chi connectivity index (χ3v) is 2.50. The second-order valence-corrected chi connectivity index (χ2v) is 3.60. The summed E-state index contributed by atoms with van der Waals surface area (Å²) in [7, 11) is 1.39. The van der Waals surface area contributed by atoms with Crippen molar-refractivity contribution >= 4 is 5.69 Å². The number of aromatic amines is 1. The zero-order chi connectivity index (χ0) is 13.1. The molecule has 1 N–H and O–H groups in total.